The number of nitrogen functional groups attached to an aromatic ring is 1. The van der Waals surface area contributed by atoms with Crippen LogP contribution in [-0.2, 0) is 0 Å². The minimum absolute atomic E-state index is 0.483. The van der Waals surface area contributed by atoms with Crippen LogP contribution in [0.1, 0.15) is 5.82 Å². The molecule has 0 spiro atoms. The molecule has 0 saturated carbocycles. The molecule has 2 aromatic rings. The van der Waals surface area contributed by atoms with E-state index in [2.05, 4.69) is 9.97 Å². The standard InChI is InChI=1S/C9H8ClN3S/c1-5-12-6(4-9(11)13-5)7-2-3-8(10)14-7/h2-4H,1H3,(H2,11,12,13). The van der Waals surface area contributed by atoms with E-state index in [1.807, 2.05) is 19.1 Å². The summed E-state index contributed by atoms with van der Waals surface area (Å²) in [4.78, 5) is 9.29. The van der Waals surface area contributed by atoms with Gasteiger partial charge < -0.3 is 5.73 Å². The van der Waals surface area contributed by atoms with Gasteiger partial charge in [-0.05, 0) is 19.1 Å². The van der Waals surface area contributed by atoms with Crippen molar-refractivity contribution in [3.8, 4) is 10.6 Å². The van der Waals surface area contributed by atoms with E-state index in [0.717, 1.165) is 14.9 Å². The molecule has 0 aliphatic rings. The molecule has 0 aliphatic carbocycles. The smallest absolute Gasteiger partial charge is 0.128 e. The summed E-state index contributed by atoms with van der Waals surface area (Å²) in [6, 6.07) is 5.51. The van der Waals surface area contributed by atoms with Crippen LogP contribution in [0.4, 0.5) is 5.82 Å². The summed E-state index contributed by atoms with van der Waals surface area (Å²) in [6.07, 6.45) is 0. The molecule has 2 heterocycles. The molecule has 14 heavy (non-hydrogen) atoms. The molecule has 0 radical (unpaired) electrons. The number of nitrogens with zero attached hydrogens (tertiary/aromatic N) is 2. The lowest BCUT2D eigenvalue weighted by atomic mass is 10.3. The number of anilines is 1. The van der Waals surface area contributed by atoms with E-state index < -0.39 is 0 Å². The van der Waals surface area contributed by atoms with Gasteiger partial charge in [0.15, 0.2) is 0 Å². The summed E-state index contributed by atoms with van der Waals surface area (Å²) in [6.45, 7) is 1.81. The Labute approximate surface area is 90.6 Å². The maximum Gasteiger partial charge on any atom is 0.128 e. The Morgan fingerprint density at radius 3 is 2.71 bits per heavy atom. The van der Waals surface area contributed by atoms with Crippen molar-refractivity contribution >= 4 is 28.8 Å². The molecule has 2 N–H and O–H groups in total. The maximum absolute atomic E-state index is 5.83. The molecular weight excluding hydrogens is 218 g/mol. The molecule has 0 saturated heterocycles. The van der Waals surface area contributed by atoms with Crippen LogP contribution in [0.3, 0.4) is 0 Å². The lowest BCUT2D eigenvalue weighted by Crippen LogP contribution is -1.96. The molecule has 2 aromatic heterocycles. The van der Waals surface area contributed by atoms with Crippen molar-refractivity contribution in [2.24, 2.45) is 0 Å². The average molecular weight is 226 g/mol. The molecule has 0 bridgehead atoms. The Balaban J connectivity index is 2.51. The van der Waals surface area contributed by atoms with Gasteiger partial charge in [0.1, 0.15) is 11.6 Å². The summed E-state index contributed by atoms with van der Waals surface area (Å²) in [5, 5.41) is 0. The number of hydrogen-bond acceptors (Lipinski definition) is 4. The van der Waals surface area contributed by atoms with Crippen LogP contribution in [0.5, 0.6) is 0 Å². The van der Waals surface area contributed by atoms with Gasteiger partial charge in [-0.25, -0.2) is 9.97 Å². The monoisotopic (exact) mass is 225 g/mol. The zero-order valence-electron chi connectivity index (χ0n) is 7.49. The third-order valence-electron chi connectivity index (χ3n) is 1.68. The molecule has 0 aromatic carbocycles. The van der Waals surface area contributed by atoms with Crippen molar-refractivity contribution in [2.45, 2.75) is 6.92 Å². The fourth-order valence-corrected chi connectivity index (χ4v) is 2.17. The van der Waals surface area contributed by atoms with E-state index in [1.165, 1.54) is 11.3 Å². The quantitative estimate of drug-likeness (QED) is 0.812. The van der Waals surface area contributed by atoms with Crippen molar-refractivity contribution < 1.29 is 0 Å². The lowest BCUT2D eigenvalue weighted by Gasteiger charge is -1.99. The minimum Gasteiger partial charge on any atom is -0.384 e. The average Bonchev–Trinajstić information content (AvgIpc) is 2.50. The van der Waals surface area contributed by atoms with Crippen molar-refractivity contribution in [1.29, 1.82) is 0 Å². The van der Waals surface area contributed by atoms with Crippen LogP contribution in [-0.4, -0.2) is 9.97 Å². The molecule has 2 rings (SSSR count). The first kappa shape index (κ1) is 9.43. The summed E-state index contributed by atoms with van der Waals surface area (Å²) < 4.78 is 0.745. The number of nitrogens with two attached hydrogens (primary N) is 1. The lowest BCUT2D eigenvalue weighted by molar-refractivity contribution is 1.07. The molecule has 0 atom stereocenters. The molecule has 0 fully saturated rings. The van der Waals surface area contributed by atoms with Crippen LogP contribution < -0.4 is 5.73 Å². The third kappa shape index (κ3) is 1.86. The highest BCUT2D eigenvalue weighted by Crippen LogP contribution is 2.30. The molecule has 0 amide bonds. The molecule has 72 valence electrons. The largest absolute Gasteiger partial charge is 0.384 e. The van der Waals surface area contributed by atoms with Gasteiger partial charge in [0.2, 0.25) is 0 Å². The Hall–Kier alpha value is -1.13. The van der Waals surface area contributed by atoms with E-state index in [-0.39, 0.29) is 0 Å². The number of hydrogen-bond donors (Lipinski definition) is 1. The van der Waals surface area contributed by atoms with Gasteiger partial charge >= 0.3 is 0 Å². The van der Waals surface area contributed by atoms with E-state index in [4.69, 9.17) is 17.3 Å². The van der Waals surface area contributed by atoms with Crippen molar-refractivity contribution in [1.82, 2.24) is 9.97 Å². The predicted octanol–water partition coefficient (Wildman–Crippen LogP) is 2.75. The maximum atomic E-state index is 5.83. The minimum atomic E-state index is 0.483. The summed E-state index contributed by atoms with van der Waals surface area (Å²) in [7, 11) is 0. The van der Waals surface area contributed by atoms with Crippen molar-refractivity contribution in [3.05, 3.63) is 28.4 Å². The van der Waals surface area contributed by atoms with Crippen LogP contribution in [0.15, 0.2) is 18.2 Å². The first-order chi connectivity index (χ1) is 6.65. The molecule has 0 aliphatic heterocycles. The van der Waals surface area contributed by atoms with Gasteiger partial charge in [0.05, 0.1) is 14.9 Å². The number of thiophene rings is 1. The second kappa shape index (κ2) is 3.55. The van der Waals surface area contributed by atoms with Crippen LogP contribution in [0, 0.1) is 6.92 Å². The molecular formula is C9H8ClN3S. The SMILES string of the molecule is Cc1nc(N)cc(-c2ccc(Cl)s2)n1. The van der Waals surface area contributed by atoms with E-state index in [0.29, 0.717) is 11.6 Å². The van der Waals surface area contributed by atoms with E-state index in [1.54, 1.807) is 6.07 Å². The Bertz CT molecular complexity index is 447. The Morgan fingerprint density at radius 1 is 1.36 bits per heavy atom. The first-order valence-electron chi connectivity index (χ1n) is 4.02. The zero-order valence-corrected chi connectivity index (χ0v) is 9.06. The highest BCUT2D eigenvalue weighted by molar-refractivity contribution is 7.19. The number of aromatic nitrogens is 2. The molecule has 5 heteroatoms. The predicted molar refractivity (Wildman–Crippen MR) is 59.5 cm³/mol. The fourth-order valence-electron chi connectivity index (χ4n) is 1.17. The van der Waals surface area contributed by atoms with Gasteiger partial charge in [-0.2, -0.15) is 0 Å². The number of aryl methyl sites for hydroxylation is 1. The van der Waals surface area contributed by atoms with Crippen molar-refractivity contribution in [2.75, 3.05) is 5.73 Å². The highest BCUT2D eigenvalue weighted by atomic mass is 35.5. The Kier molecular flexibility index (Phi) is 2.39. The first-order valence-corrected chi connectivity index (χ1v) is 5.21. The van der Waals surface area contributed by atoms with Crippen LogP contribution in [0.2, 0.25) is 4.34 Å². The van der Waals surface area contributed by atoms with Gasteiger partial charge in [0, 0.05) is 6.07 Å². The van der Waals surface area contributed by atoms with E-state index >= 15 is 0 Å². The van der Waals surface area contributed by atoms with Gasteiger partial charge in [-0.3, -0.25) is 0 Å². The zero-order chi connectivity index (χ0) is 10.1. The second-order valence-corrected chi connectivity index (χ2v) is 4.54. The summed E-state index contributed by atoms with van der Waals surface area (Å²) >= 11 is 7.31. The highest BCUT2D eigenvalue weighted by Gasteiger charge is 2.05. The Morgan fingerprint density at radius 2 is 2.14 bits per heavy atom. The normalized spacial score (nSPS) is 10.4. The topological polar surface area (TPSA) is 51.8 Å². The van der Waals surface area contributed by atoms with Crippen LogP contribution in [0.25, 0.3) is 10.6 Å². The summed E-state index contributed by atoms with van der Waals surface area (Å²) in [5.41, 5.74) is 6.45. The number of halogens is 1. The number of rotatable bonds is 1. The van der Waals surface area contributed by atoms with E-state index in [9.17, 15) is 0 Å². The molecule has 0 unspecified atom stereocenters. The van der Waals surface area contributed by atoms with Crippen LogP contribution >= 0.6 is 22.9 Å². The fraction of sp³-hybridized carbons (Fsp3) is 0.111. The molecule has 3 nitrogen and oxygen atoms in total. The van der Waals surface area contributed by atoms with Crippen molar-refractivity contribution in [3.63, 3.8) is 0 Å². The third-order valence-corrected chi connectivity index (χ3v) is 2.94. The second-order valence-electron chi connectivity index (χ2n) is 2.83. The van der Waals surface area contributed by atoms with Gasteiger partial charge in [-0.15, -0.1) is 11.3 Å². The van der Waals surface area contributed by atoms with Gasteiger partial charge in [0.25, 0.3) is 0 Å². The summed E-state index contributed by atoms with van der Waals surface area (Å²) in [5.74, 6) is 1.15. The van der Waals surface area contributed by atoms with Gasteiger partial charge in [-0.1, -0.05) is 11.6 Å².